The summed E-state index contributed by atoms with van der Waals surface area (Å²) in [7, 11) is 1.56. The van der Waals surface area contributed by atoms with Gasteiger partial charge in [-0.2, -0.15) is 0 Å². The van der Waals surface area contributed by atoms with Gasteiger partial charge in [-0.15, -0.1) is 0 Å². The van der Waals surface area contributed by atoms with Gasteiger partial charge in [-0.3, -0.25) is 9.59 Å². The maximum atomic E-state index is 12.1. The summed E-state index contributed by atoms with van der Waals surface area (Å²) in [5.74, 6) is 0.346. The van der Waals surface area contributed by atoms with Crippen molar-refractivity contribution in [3.63, 3.8) is 0 Å². The van der Waals surface area contributed by atoms with E-state index in [0.29, 0.717) is 11.3 Å². The van der Waals surface area contributed by atoms with Crippen LogP contribution in [-0.4, -0.2) is 31.5 Å². The van der Waals surface area contributed by atoms with Crippen molar-refractivity contribution < 1.29 is 14.3 Å². The molecule has 0 bridgehead atoms. The van der Waals surface area contributed by atoms with Crippen molar-refractivity contribution in [2.24, 2.45) is 0 Å². The van der Waals surface area contributed by atoms with Gasteiger partial charge in [0.15, 0.2) is 0 Å². The minimum absolute atomic E-state index is 0.0890. The largest absolute Gasteiger partial charge is 0.491 e. The molecule has 0 radical (unpaired) electrons. The molecular formula is C19H23N3O3. The Morgan fingerprint density at radius 2 is 1.76 bits per heavy atom. The molecule has 2 amide bonds. The molecule has 0 aromatic heterocycles. The predicted molar refractivity (Wildman–Crippen MR) is 99.2 cm³/mol. The number of benzene rings is 2. The summed E-state index contributed by atoms with van der Waals surface area (Å²) in [5, 5.41) is 8.37. The quantitative estimate of drug-likeness (QED) is 0.723. The average molecular weight is 341 g/mol. The Morgan fingerprint density at radius 1 is 1.04 bits per heavy atom. The van der Waals surface area contributed by atoms with E-state index in [1.165, 1.54) is 0 Å². The Hall–Kier alpha value is -3.02. The van der Waals surface area contributed by atoms with E-state index in [4.69, 9.17) is 4.74 Å². The zero-order valence-corrected chi connectivity index (χ0v) is 14.6. The predicted octanol–water partition coefficient (Wildman–Crippen LogP) is 2.88. The van der Waals surface area contributed by atoms with E-state index in [1.807, 2.05) is 38.1 Å². The van der Waals surface area contributed by atoms with Crippen LogP contribution in [-0.2, 0) is 4.79 Å². The fourth-order valence-electron chi connectivity index (χ4n) is 2.22. The number of rotatable bonds is 7. The van der Waals surface area contributed by atoms with Gasteiger partial charge in [0, 0.05) is 30.1 Å². The summed E-state index contributed by atoms with van der Waals surface area (Å²) >= 11 is 0. The van der Waals surface area contributed by atoms with Gasteiger partial charge in [0.1, 0.15) is 5.75 Å². The highest BCUT2D eigenvalue weighted by Gasteiger charge is 2.07. The van der Waals surface area contributed by atoms with Crippen LogP contribution < -0.4 is 20.7 Å². The summed E-state index contributed by atoms with van der Waals surface area (Å²) < 4.78 is 5.63. The average Bonchev–Trinajstić information content (AvgIpc) is 2.59. The van der Waals surface area contributed by atoms with Crippen LogP contribution in [0.4, 0.5) is 11.4 Å². The number of carbonyl (C=O) groups excluding carboxylic acids is 2. The van der Waals surface area contributed by atoms with Crippen molar-refractivity contribution in [1.29, 1.82) is 0 Å². The number of carbonyl (C=O) groups is 2. The van der Waals surface area contributed by atoms with Crippen molar-refractivity contribution in [3.05, 3.63) is 54.1 Å². The molecule has 6 nitrogen and oxygen atoms in total. The Bertz CT molecular complexity index is 744. The van der Waals surface area contributed by atoms with Crippen molar-refractivity contribution >= 4 is 23.2 Å². The first-order chi connectivity index (χ1) is 12.0. The van der Waals surface area contributed by atoms with E-state index >= 15 is 0 Å². The first kappa shape index (κ1) is 18.3. The standard InChI is InChI=1S/C19H23N3O3/c1-13(2)25-17-9-5-7-15(11-17)21-12-18(23)22-16-8-4-6-14(10-16)19(24)20-3/h4-11,13,21H,12H2,1-3H3,(H,20,24)(H,22,23). The minimum Gasteiger partial charge on any atom is -0.491 e. The smallest absolute Gasteiger partial charge is 0.251 e. The molecule has 0 atom stereocenters. The van der Waals surface area contributed by atoms with Gasteiger partial charge >= 0.3 is 0 Å². The van der Waals surface area contributed by atoms with E-state index in [9.17, 15) is 9.59 Å². The maximum absolute atomic E-state index is 12.1. The van der Waals surface area contributed by atoms with Gasteiger partial charge in [-0.05, 0) is 44.2 Å². The van der Waals surface area contributed by atoms with Crippen molar-refractivity contribution in [2.75, 3.05) is 24.2 Å². The third kappa shape index (κ3) is 5.84. The summed E-state index contributed by atoms with van der Waals surface area (Å²) in [4.78, 5) is 23.7. The fraction of sp³-hybridized carbons (Fsp3) is 0.263. The Morgan fingerprint density at radius 3 is 2.48 bits per heavy atom. The molecule has 25 heavy (non-hydrogen) atoms. The van der Waals surface area contributed by atoms with Crippen LogP contribution in [0.1, 0.15) is 24.2 Å². The van der Waals surface area contributed by atoms with Gasteiger partial charge in [-0.25, -0.2) is 0 Å². The number of ether oxygens (including phenoxy) is 1. The topological polar surface area (TPSA) is 79.5 Å². The van der Waals surface area contributed by atoms with Crippen LogP contribution in [0, 0.1) is 0 Å². The van der Waals surface area contributed by atoms with Gasteiger partial charge in [0.2, 0.25) is 5.91 Å². The summed E-state index contributed by atoms with van der Waals surface area (Å²) in [6.07, 6.45) is 0.0890. The van der Waals surface area contributed by atoms with Crippen LogP contribution in [0.15, 0.2) is 48.5 Å². The van der Waals surface area contributed by atoms with E-state index in [-0.39, 0.29) is 24.5 Å². The number of nitrogens with one attached hydrogen (secondary N) is 3. The lowest BCUT2D eigenvalue weighted by molar-refractivity contribution is -0.114. The molecule has 2 aromatic rings. The molecule has 0 unspecified atom stereocenters. The molecule has 0 saturated heterocycles. The zero-order valence-electron chi connectivity index (χ0n) is 14.6. The number of anilines is 2. The van der Waals surface area contributed by atoms with Crippen LogP contribution in [0.2, 0.25) is 0 Å². The second kappa shape index (κ2) is 8.73. The van der Waals surface area contributed by atoms with Crippen LogP contribution in [0.25, 0.3) is 0 Å². The molecule has 0 heterocycles. The molecule has 132 valence electrons. The highest BCUT2D eigenvalue weighted by atomic mass is 16.5. The van der Waals surface area contributed by atoms with E-state index < -0.39 is 0 Å². The first-order valence-corrected chi connectivity index (χ1v) is 8.10. The van der Waals surface area contributed by atoms with Gasteiger partial charge in [-0.1, -0.05) is 12.1 Å². The van der Waals surface area contributed by atoms with E-state index in [2.05, 4.69) is 16.0 Å². The van der Waals surface area contributed by atoms with E-state index in [0.717, 1.165) is 11.4 Å². The minimum atomic E-state index is -0.204. The Kier molecular flexibility index (Phi) is 6.39. The maximum Gasteiger partial charge on any atom is 0.251 e. The second-order valence-corrected chi connectivity index (χ2v) is 5.76. The molecule has 2 aromatic carbocycles. The molecule has 6 heteroatoms. The lowest BCUT2D eigenvalue weighted by atomic mass is 10.2. The van der Waals surface area contributed by atoms with Gasteiger partial charge in [0.25, 0.3) is 5.91 Å². The molecule has 0 fully saturated rings. The van der Waals surface area contributed by atoms with Crippen LogP contribution >= 0.6 is 0 Å². The number of amides is 2. The molecule has 0 aliphatic heterocycles. The van der Waals surface area contributed by atoms with Gasteiger partial charge < -0.3 is 20.7 Å². The fourth-order valence-corrected chi connectivity index (χ4v) is 2.22. The SMILES string of the molecule is CNC(=O)c1cccc(NC(=O)CNc2cccc(OC(C)C)c2)c1. The van der Waals surface area contributed by atoms with Crippen molar-refractivity contribution in [1.82, 2.24) is 5.32 Å². The molecule has 0 aliphatic carbocycles. The zero-order chi connectivity index (χ0) is 18.2. The number of hydrogen-bond acceptors (Lipinski definition) is 4. The molecular weight excluding hydrogens is 318 g/mol. The second-order valence-electron chi connectivity index (χ2n) is 5.76. The van der Waals surface area contributed by atoms with Crippen molar-refractivity contribution in [3.8, 4) is 5.75 Å². The summed E-state index contributed by atoms with van der Waals surface area (Å²) in [6, 6.07) is 14.2. The normalized spacial score (nSPS) is 10.2. The molecule has 0 spiro atoms. The third-order valence-electron chi connectivity index (χ3n) is 3.29. The van der Waals surface area contributed by atoms with Crippen molar-refractivity contribution in [2.45, 2.75) is 20.0 Å². The Balaban J connectivity index is 1.92. The van der Waals surface area contributed by atoms with Crippen LogP contribution in [0.3, 0.4) is 0 Å². The summed E-state index contributed by atoms with van der Waals surface area (Å²) in [6.45, 7) is 4.02. The third-order valence-corrected chi connectivity index (χ3v) is 3.29. The van der Waals surface area contributed by atoms with Crippen LogP contribution in [0.5, 0.6) is 5.75 Å². The Labute approximate surface area is 147 Å². The highest BCUT2D eigenvalue weighted by Crippen LogP contribution is 2.18. The summed E-state index contributed by atoms with van der Waals surface area (Å²) in [5.41, 5.74) is 1.86. The number of hydrogen-bond donors (Lipinski definition) is 3. The van der Waals surface area contributed by atoms with E-state index in [1.54, 1.807) is 31.3 Å². The molecule has 0 aliphatic rings. The molecule has 2 rings (SSSR count). The molecule has 3 N–H and O–H groups in total. The highest BCUT2D eigenvalue weighted by molar-refractivity contribution is 5.98. The van der Waals surface area contributed by atoms with Gasteiger partial charge in [0.05, 0.1) is 12.6 Å². The lowest BCUT2D eigenvalue weighted by Crippen LogP contribution is -2.22. The first-order valence-electron chi connectivity index (χ1n) is 8.10. The monoisotopic (exact) mass is 341 g/mol. The lowest BCUT2D eigenvalue weighted by Gasteiger charge is -2.12. The molecule has 0 saturated carbocycles.